The van der Waals surface area contributed by atoms with Crippen molar-refractivity contribution in [2.45, 2.75) is 31.1 Å². The highest BCUT2D eigenvalue weighted by molar-refractivity contribution is 7.89. The number of piperidine rings is 1. The second kappa shape index (κ2) is 8.23. The Morgan fingerprint density at radius 1 is 0.828 bits per heavy atom. The molecule has 2 aliphatic rings. The van der Waals surface area contributed by atoms with Crippen molar-refractivity contribution in [3.8, 4) is 0 Å². The lowest BCUT2D eigenvalue weighted by molar-refractivity contribution is 0.383. The molecule has 0 bridgehead atoms. The molecule has 7 nitrogen and oxygen atoms in total. The molecule has 156 valence electrons. The van der Waals surface area contributed by atoms with Crippen molar-refractivity contribution >= 4 is 21.7 Å². The summed E-state index contributed by atoms with van der Waals surface area (Å²) in [5.41, 5.74) is 0.549. The molecule has 0 spiro atoms. The predicted octanol–water partition coefficient (Wildman–Crippen LogP) is 2.43. The van der Waals surface area contributed by atoms with Crippen LogP contribution >= 0.6 is 0 Å². The maximum absolute atomic E-state index is 13.6. The Morgan fingerprint density at radius 2 is 1.41 bits per heavy atom. The number of hydrogen-bond donors (Lipinski definition) is 0. The number of rotatable bonds is 4. The molecule has 29 heavy (non-hydrogen) atoms. The molecule has 1 aromatic carbocycles. The largest absolute Gasteiger partial charge is 0.355 e. The average Bonchev–Trinajstić information content (AvgIpc) is 2.76. The monoisotopic (exact) mass is 419 g/mol. The van der Waals surface area contributed by atoms with Crippen molar-refractivity contribution in [1.29, 1.82) is 0 Å². The van der Waals surface area contributed by atoms with Crippen LogP contribution < -0.4 is 9.80 Å². The van der Waals surface area contributed by atoms with Crippen LogP contribution in [0, 0.1) is 12.7 Å². The van der Waals surface area contributed by atoms with Gasteiger partial charge >= 0.3 is 0 Å². The van der Waals surface area contributed by atoms with E-state index >= 15 is 0 Å². The second-order valence-corrected chi connectivity index (χ2v) is 9.50. The molecule has 4 rings (SSSR count). The average molecular weight is 420 g/mol. The third-order valence-corrected chi connectivity index (χ3v) is 7.69. The number of hydrogen-bond acceptors (Lipinski definition) is 6. The molecular weight excluding hydrogens is 393 g/mol. The van der Waals surface area contributed by atoms with Gasteiger partial charge in [-0.1, -0.05) is 6.07 Å². The molecule has 1 aromatic heterocycles. The van der Waals surface area contributed by atoms with Crippen LogP contribution in [-0.4, -0.2) is 62.2 Å². The Labute approximate surface area is 171 Å². The van der Waals surface area contributed by atoms with Gasteiger partial charge in [-0.25, -0.2) is 12.8 Å². The minimum atomic E-state index is -3.72. The summed E-state index contributed by atoms with van der Waals surface area (Å²) >= 11 is 0. The second-order valence-electron chi connectivity index (χ2n) is 7.60. The molecule has 9 heteroatoms. The Bertz CT molecular complexity index is 953. The van der Waals surface area contributed by atoms with E-state index in [1.54, 1.807) is 6.92 Å². The van der Waals surface area contributed by atoms with Crippen LogP contribution in [0.2, 0.25) is 0 Å². The first-order chi connectivity index (χ1) is 13.9. The fourth-order valence-electron chi connectivity index (χ4n) is 3.93. The van der Waals surface area contributed by atoms with Gasteiger partial charge in [0.05, 0.1) is 4.90 Å². The molecule has 0 unspecified atom stereocenters. The minimum absolute atomic E-state index is 0.0385. The van der Waals surface area contributed by atoms with Crippen LogP contribution in [-0.2, 0) is 10.0 Å². The summed E-state index contributed by atoms with van der Waals surface area (Å²) < 4.78 is 40.9. The van der Waals surface area contributed by atoms with Crippen LogP contribution in [0.5, 0.6) is 0 Å². The Kier molecular flexibility index (Phi) is 5.69. The molecule has 0 amide bonds. The molecule has 0 saturated carbocycles. The number of anilines is 2. The lowest BCUT2D eigenvalue weighted by atomic mass is 10.1. The van der Waals surface area contributed by atoms with E-state index in [0.29, 0.717) is 31.7 Å². The summed E-state index contributed by atoms with van der Waals surface area (Å²) in [5.74, 6) is 1.11. The van der Waals surface area contributed by atoms with E-state index in [1.165, 1.54) is 35.7 Å². The predicted molar refractivity (Wildman–Crippen MR) is 110 cm³/mol. The van der Waals surface area contributed by atoms with Gasteiger partial charge in [0.25, 0.3) is 0 Å². The Morgan fingerprint density at radius 3 is 2.00 bits per heavy atom. The minimum Gasteiger partial charge on any atom is -0.355 e. The number of piperazine rings is 1. The van der Waals surface area contributed by atoms with E-state index in [2.05, 4.69) is 15.1 Å². The van der Waals surface area contributed by atoms with Crippen molar-refractivity contribution in [3.63, 3.8) is 0 Å². The van der Waals surface area contributed by atoms with E-state index in [0.717, 1.165) is 30.8 Å². The smallest absolute Gasteiger partial charge is 0.243 e. The summed E-state index contributed by atoms with van der Waals surface area (Å²) in [6.07, 6.45) is 3.64. The van der Waals surface area contributed by atoms with Gasteiger partial charge in [-0.3, -0.25) is 0 Å². The fraction of sp³-hybridized carbons (Fsp3) is 0.500. The topological polar surface area (TPSA) is 69.6 Å². The van der Waals surface area contributed by atoms with Crippen LogP contribution in [0.25, 0.3) is 0 Å². The molecule has 0 radical (unpaired) electrons. The van der Waals surface area contributed by atoms with Gasteiger partial charge in [0, 0.05) is 39.3 Å². The highest BCUT2D eigenvalue weighted by atomic mass is 32.2. The molecule has 2 aromatic rings. The zero-order valence-electron chi connectivity index (χ0n) is 16.6. The highest BCUT2D eigenvalue weighted by Crippen LogP contribution is 2.24. The summed E-state index contributed by atoms with van der Waals surface area (Å²) in [7, 11) is -3.72. The van der Waals surface area contributed by atoms with E-state index in [1.807, 2.05) is 17.0 Å². The molecule has 0 aliphatic carbocycles. The zero-order valence-corrected chi connectivity index (χ0v) is 17.4. The van der Waals surface area contributed by atoms with Gasteiger partial charge < -0.3 is 9.80 Å². The molecule has 3 heterocycles. The SMILES string of the molecule is Cc1ccc(F)cc1S(=O)(=O)N1CCN(c2ccc(N3CCCCC3)nn2)CC1. The number of aromatic nitrogens is 2. The van der Waals surface area contributed by atoms with Gasteiger partial charge in [-0.15, -0.1) is 10.2 Å². The van der Waals surface area contributed by atoms with Crippen molar-refractivity contribution in [1.82, 2.24) is 14.5 Å². The lowest BCUT2D eigenvalue weighted by Crippen LogP contribution is -2.49. The molecule has 2 aliphatic heterocycles. The number of halogens is 1. The van der Waals surface area contributed by atoms with Gasteiger partial charge in [-0.2, -0.15) is 4.31 Å². The number of sulfonamides is 1. The van der Waals surface area contributed by atoms with Crippen molar-refractivity contribution in [2.24, 2.45) is 0 Å². The van der Waals surface area contributed by atoms with Crippen LogP contribution in [0.3, 0.4) is 0 Å². The van der Waals surface area contributed by atoms with Crippen molar-refractivity contribution < 1.29 is 12.8 Å². The molecule has 0 N–H and O–H groups in total. The number of nitrogens with zero attached hydrogens (tertiary/aromatic N) is 5. The Balaban J connectivity index is 1.42. The van der Waals surface area contributed by atoms with Crippen LogP contribution in [0.4, 0.5) is 16.0 Å². The van der Waals surface area contributed by atoms with E-state index in [-0.39, 0.29) is 4.90 Å². The third kappa shape index (κ3) is 4.20. The first kappa shape index (κ1) is 20.0. The van der Waals surface area contributed by atoms with Gasteiger partial charge in [0.15, 0.2) is 11.6 Å². The lowest BCUT2D eigenvalue weighted by Gasteiger charge is -2.35. The standard InChI is InChI=1S/C20H26FN5O2S/c1-16-5-6-17(21)15-18(16)29(27,28)26-13-11-25(12-14-26)20-8-7-19(22-23-20)24-9-3-2-4-10-24/h5-8,15H,2-4,9-14H2,1H3. The van der Waals surface area contributed by atoms with Gasteiger partial charge in [0.2, 0.25) is 10.0 Å². The highest BCUT2D eigenvalue weighted by Gasteiger charge is 2.30. The molecular formula is C20H26FN5O2S. The first-order valence-corrected chi connectivity index (χ1v) is 11.5. The van der Waals surface area contributed by atoms with Crippen LogP contribution in [0.15, 0.2) is 35.2 Å². The van der Waals surface area contributed by atoms with Gasteiger partial charge in [-0.05, 0) is 56.0 Å². The quantitative estimate of drug-likeness (QED) is 0.758. The normalized spacial score (nSPS) is 18.8. The number of benzene rings is 1. The summed E-state index contributed by atoms with van der Waals surface area (Å²) in [6.45, 7) is 5.41. The molecule has 2 fully saturated rings. The summed E-state index contributed by atoms with van der Waals surface area (Å²) in [4.78, 5) is 4.33. The third-order valence-electron chi connectivity index (χ3n) is 5.65. The summed E-state index contributed by atoms with van der Waals surface area (Å²) in [6, 6.07) is 7.82. The fourth-order valence-corrected chi connectivity index (χ4v) is 5.59. The van der Waals surface area contributed by atoms with E-state index in [9.17, 15) is 12.8 Å². The van der Waals surface area contributed by atoms with Gasteiger partial charge in [0.1, 0.15) is 5.82 Å². The molecule has 2 saturated heterocycles. The van der Waals surface area contributed by atoms with Crippen molar-refractivity contribution in [3.05, 3.63) is 41.7 Å². The first-order valence-electron chi connectivity index (χ1n) is 10.0. The van der Waals surface area contributed by atoms with E-state index in [4.69, 9.17) is 0 Å². The maximum Gasteiger partial charge on any atom is 0.243 e. The van der Waals surface area contributed by atoms with Crippen LogP contribution in [0.1, 0.15) is 24.8 Å². The van der Waals surface area contributed by atoms with E-state index < -0.39 is 15.8 Å². The zero-order chi connectivity index (χ0) is 20.4. The number of aryl methyl sites for hydroxylation is 1. The summed E-state index contributed by atoms with van der Waals surface area (Å²) in [5, 5.41) is 8.74. The van der Waals surface area contributed by atoms with Crippen molar-refractivity contribution in [2.75, 3.05) is 49.1 Å². The molecule has 0 atom stereocenters. The Hall–Kier alpha value is -2.26. The maximum atomic E-state index is 13.6.